The van der Waals surface area contributed by atoms with E-state index in [1.165, 1.54) is 19.3 Å². The van der Waals surface area contributed by atoms with Crippen LogP contribution in [0.15, 0.2) is 33.6 Å². The zero-order chi connectivity index (χ0) is 14.1. The molecule has 106 valence electrons. The number of ketones is 1. The van der Waals surface area contributed by atoms with Crippen molar-refractivity contribution in [3.8, 4) is 0 Å². The van der Waals surface area contributed by atoms with Crippen LogP contribution in [-0.2, 0) is 4.79 Å². The minimum Gasteiger partial charge on any atom is -0.299 e. The van der Waals surface area contributed by atoms with Gasteiger partial charge in [-0.1, -0.05) is 55.5 Å². The van der Waals surface area contributed by atoms with Crippen LogP contribution in [0.1, 0.15) is 46.0 Å². The second-order valence-electron chi connectivity index (χ2n) is 4.90. The molecular weight excluding hydrogens is 320 g/mol. The molecule has 0 bridgehead atoms. The van der Waals surface area contributed by atoms with E-state index in [1.54, 1.807) is 11.8 Å². The van der Waals surface area contributed by atoms with E-state index in [1.807, 2.05) is 12.1 Å². The zero-order valence-electron chi connectivity index (χ0n) is 11.8. The smallest absolute Gasteiger partial charge is 0.143 e. The van der Waals surface area contributed by atoms with Crippen molar-refractivity contribution in [3.05, 3.63) is 28.7 Å². The van der Waals surface area contributed by atoms with Crippen molar-refractivity contribution in [1.29, 1.82) is 0 Å². The van der Waals surface area contributed by atoms with Gasteiger partial charge in [-0.15, -0.1) is 11.8 Å². The summed E-state index contributed by atoms with van der Waals surface area (Å²) in [6, 6.07) is 8.14. The zero-order valence-corrected chi connectivity index (χ0v) is 14.2. The van der Waals surface area contributed by atoms with E-state index in [4.69, 9.17) is 0 Å². The number of rotatable bonds is 9. The molecule has 0 spiro atoms. The summed E-state index contributed by atoms with van der Waals surface area (Å²) >= 11 is 5.06. The lowest BCUT2D eigenvalue weighted by Gasteiger charge is -2.13. The van der Waals surface area contributed by atoms with Gasteiger partial charge < -0.3 is 0 Å². The van der Waals surface area contributed by atoms with Gasteiger partial charge in [-0.3, -0.25) is 4.79 Å². The molecule has 0 aliphatic heterocycles. The number of thioether (sulfide) groups is 1. The molecule has 1 rings (SSSR count). The van der Waals surface area contributed by atoms with Gasteiger partial charge in [-0.25, -0.2) is 0 Å². The summed E-state index contributed by atoms with van der Waals surface area (Å²) in [5.74, 6) is 1.57. The highest BCUT2D eigenvalue weighted by Crippen LogP contribution is 2.23. The standard InChI is InChI=1S/C16H23BrOS/c1-3-5-6-13(4-2)11-15(18)12-19-16-9-7-14(17)8-10-16/h7-10,13H,3-6,11-12H2,1-2H3. The molecule has 0 aromatic heterocycles. The first-order chi connectivity index (χ1) is 9.15. The Morgan fingerprint density at radius 1 is 1.26 bits per heavy atom. The summed E-state index contributed by atoms with van der Waals surface area (Å²) in [5, 5.41) is 0. The van der Waals surface area contributed by atoms with Crippen LogP contribution in [-0.4, -0.2) is 11.5 Å². The molecule has 0 N–H and O–H groups in total. The Morgan fingerprint density at radius 2 is 1.95 bits per heavy atom. The summed E-state index contributed by atoms with van der Waals surface area (Å²) in [6.45, 7) is 4.40. The van der Waals surface area contributed by atoms with E-state index >= 15 is 0 Å². The molecule has 0 amide bonds. The third kappa shape index (κ3) is 7.17. The molecule has 0 aliphatic carbocycles. The molecule has 0 saturated carbocycles. The minimum atomic E-state index is 0.385. The number of Topliss-reactive ketones (excluding diaryl/α,β-unsaturated/α-hetero) is 1. The minimum absolute atomic E-state index is 0.385. The number of benzene rings is 1. The van der Waals surface area contributed by atoms with Crippen LogP contribution >= 0.6 is 27.7 Å². The average Bonchev–Trinajstić information content (AvgIpc) is 2.42. The summed E-state index contributed by atoms with van der Waals surface area (Å²) < 4.78 is 1.08. The highest BCUT2D eigenvalue weighted by atomic mass is 79.9. The third-order valence-electron chi connectivity index (χ3n) is 3.27. The monoisotopic (exact) mass is 342 g/mol. The predicted octanol–water partition coefficient (Wildman–Crippen LogP) is 5.72. The van der Waals surface area contributed by atoms with Gasteiger partial charge in [-0.05, 0) is 30.2 Å². The first kappa shape index (κ1) is 16.8. The summed E-state index contributed by atoms with van der Waals surface area (Å²) in [6.07, 6.45) is 5.53. The number of hydrogen-bond donors (Lipinski definition) is 0. The predicted molar refractivity (Wildman–Crippen MR) is 87.8 cm³/mol. The van der Waals surface area contributed by atoms with Crippen LogP contribution in [0.25, 0.3) is 0 Å². The Hall–Kier alpha value is -0.280. The second kappa shape index (κ2) is 9.60. The van der Waals surface area contributed by atoms with Crippen molar-refractivity contribution in [2.24, 2.45) is 5.92 Å². The van der Waals surface area contributed by atoms with Crippen molar-refractivity contribution in [1.82, 2.24) is 0 Å². The molecule has 0 aliphatic rings. The molecular formula is C16H23BrOS. The normalized spacial score (nSPS) is 12.4. The van der Waals surface area contributed by atoms with Gasteiger partial charge in [0.05, 0.1) is 5.75 Å². The lowest BCUT2D eigenvalue weighted by molar-refractivity contribution is -0.117. The molecule has 0 radical (unpaired) electrons. The second-order valence-corrected chi connectivity index (χ2v) is 6.87. The van der Waals surface area contributed by atoms with Crippen molar-refractivity contribution < 1.29 is 4.79 Å². The van der Waals surface area contributed by atoms with Gasteiger partial charge >= 0.3 is 0 Å². The van der Waals surface area contributed by atoms with E-state index in [-0.39, 0.29) is 0 Å². The highest BCUT2D eigenvalue weighted by molar-refractivity contribution is 9.10. The Kier molecular flexibility index (Phi) is 8.47. The fourth-order valence-electron chi connectivity index (χ4n) is 2.02. The Balaban J connectivity index is 2.32. The molecule has 1 unspecified atom stereocenters. The van der Waals surface area contributed by atoms with Crippen LogP contribution in [0.2, 0.25) is 0 Å². The van der Waals surface area contributed by atoms with Crippen LogP contribution in [0, 0.1) is 5.92 Å². The van der Waals surface area contributed by atoms with Gasteiger partial charge in [0.2, 0.25) is 0 Å². The van der Waals surface area contributed by atoms with Crippen molar-refractivity contribution in [3.63, 3.8) is 0 Å². The lowest BCUT2D eigenvalue weighted by Crippen LogP contribution is -2.10. The van der Waals surface area contributed by atoms with Crippen molar-refractivity contribution >= 4 is 33.5 Å². The molecule has 1 nitrogen and oxygen atoms in total. The fraction of sp³-hybridized carbons (Fsp3) is 0.562. The Bertz CT molecular complexity index is 375. The fourth-order valence-corrected chi connectivity index (χ4v) is 3.06. The maximum Gasteiger partial charge on any atom is 0.143 e. The molecule has 3 heteroatoms. The van der Waals surface area contributed by atoms with E-state index < -0.39 is 0 Å². The number of carbonyl (C=O) groups is 1. The third-order valence-corrected chi connectivity index (χ3v) is 4.87. The molecule has 0 saturated heterocycles. The molecule has 19 heavy (non-hydrogen) atoms. The van der Waals surface area contributed by atoms with Crippen molar-refractivity contribution in [2.75, 3.05) is 5.75 Å². The van der Waals surface area contributed by atoms with Crippen LogP contribution < -0.4 is 0 Å². The van der Waals surface area contributed by atoms with E-state index in [9.17, 15) is 4.79 Å². The van der Waals surface area contributed by atoms with Crippen molar-refractivity contribution in [2.45, 2.75) is 50.8 Å². The largest absolute Gasteiger partial charge is 0.299 e. The van der Waals surface area contributed by atoms with Gasteiger partial charge in [-0.2, -0.15) is 0 Å². The lowest BCUT2D eigenvalue weighted by atomic mass is 9.94. The van der Waals surface area contributed by atoms with Gasteiger partial charge in [0.15, 0.2) is 0 Å². The van der Waals surface area contributed by atoms with Gasteiger partial charge in [0, 0.05) is 15.8 Å². The summed E-state index contributed by atoms with van der Waals surface area (Å²) in [4.78, 5) is 13.2. The Labute approximate surface area is 129 Å². The highest BCUT2D eigenvalue weighted by Gasteiger charge is 2.12. The van der Waals surface area contributed by atoms with E-state index in [2.05, 4.69) is 41.9 Å². The quantitative estimate of drug-likeness (QED) is 0.534. The topological polar surface area (TPSA) is 17.1 Å². The molecule has 1 aromatic rings. The molecule has 0 heterocycles. The number of unbranched alkanes of at least 4 members (excludes halogenated alkanes) is 1. The van der Waals surface area contributed by atoms with Crippen LogP contribution in [0.4, 0.5) is 0 Å². The SMILES string of the molecule is CCCCC(CC)CC(=O)CSc1ccc(Br)cc1. The molecule has 0 fully saturated rings. The Morgan fingerprint density at radius 3 is 2.53 bits per heavy atom. The average molecular weight is 343 g/mol. The van der Waals surface area contributed by atoms with Crippen LogP contribution in [0.3, 0.4) is 0 Å². The summed E-state index contributed by atoms with van der Waals surface area (Å²) in [5.41, 5.74) is 0. The van der Waals surface area contributed by atoms with Gasteiger partial charge in [0.1, 0.15) is 5.78 Å². The van der Waals surface area contributed by atoms with Gasteiger partial charge in [0.25, 0.3) is 0 Å². The van der Waals surface area contributed by atoms with Crippen LogP contribution in [0.5, 0.6) is 0 Å². The first-order valence-corrected chi connectivity index (χ1v) is 8.83. The van der Waals surface area contributed by atoms with E-state index in [0.717, 1.165) is 22.2 Å². The maximum absolute atomic E-state index is 12.0. The summed E-state index contributed by atoms with van der Waals surface area (Å²) in [7, 11) is 0. The number of carbonyl (C=O) groups excluding carboxylic acids is 1. The molecule has 1 aromatic carbocycles. The first-order valence-electron chi connectivity index (χ1n) is 7.05. The number of hydrogen-bond acceptors (Lipinski definition) is 2. The maximum atomic E-state index is 12.0. The van der Waals surface area contributed by atoms with E-state index in [0.29, 0.717) is 17.5 Å². The number of halogens is 1. The molecule has 1 atom stereocenters.